The van der Waals surface area contributed by atoms with Crippen molar-refractivity contribution in [3.63, 3.8) is 0 Å². The first-order chi connectivity index (χ1) is 14.7. The van der Waals surface area contributed by atoms with Gasteiger partial charge in [0.1, 0.15) is 5.54 Å². The van der Waals surface area contributed by atoms with E-state index in [0.29, 0.717) is 5.56 Å². The highest BCUT2D eigenvalue weighted by Crippen LogP contribution is 2.19. The summed E-state index contributed by atoms with van der Waals surface area (Å²) in [4.78, 5) is 37.1. The van der Waals surface area contributed by atoms with Crippen LogP contribution in [0.4, 0.5) is 0 Å². The van der Waals surface area contributed by atoms with Gasteiger partial charge in [-0.05, 0) is 30.5 Å². The molecule has 0 saturated carbocycles. The predicted molar refractivity (Wildman–Crippen MR) is 116 cm³/mol. The van der Waals surface area contributed by atoms with Crippen molar-refractivity contribution < 1.29 is 19.1 Å². The molecule has 0 saturated heterocycles. The molecular formula is C24H27N3O4. The van der Waals surface area contributed by atoms with Crippen LogP contribution < -0.4 is 10.6 Å². The SMILES string of the molecule is CC(C)[C@](C)(C#N)NC(=O)COC(=O)C[C@H](NC(=O)c1ccccc1)c1ccccc1. The second-order valence-corrected chi connectivity index (χ2v) is 7.68. The largest absolute Gasteiger partial charge is 0.456 e. The van der Waals surface area contributed by atoms with Gasteiger partial charge in [0, 0.05) is 5.56 Å². The molecule has 0 radical (unpaired) electrons. The average molecular weight is 421 g/mol. The molecule has 2 aromatic rings. The van der Waals surface area contributed by atoms with Crippen molar-refractivity contribution in [3.05, 3.63) is 71.8 Å². The molecule has 0 spiro atoms. The third kappa shape index (κ3) is 6.96. The molecule has 0 unspecified atom stereocenters. The van der Waals surface area contributed by atoms with Gasteiger partial charge in [0.2, 0.25) is 0 Å². The summed E-state index contributed by atoms with van der Waals surface area (Å²) in [6.07, 6.45) is -0.143. The minimum Gasteiger partial charge on any atom is -0.456 e. The van der Waals surface area contributed by atoms with Crippen LogP contribution in [-0.4, -0.2) is 29.9 Å². The molecule has 0 aliphatic rings. The Bertz CT molecular complexity index is 938. The van der Waals surface area contributed by atoms with Gasteiger partial charge in [0.15, 0.2) is 6.61 Å². The standard InChI is InChI=1S/C24H27N3O4/c1-17(2)24(3,16-25)27-21(28)15-31-22(29)14-20(18-10-6-4-7-11-18)26-23(30)19-12-8-5-9-13-19/h4-13,17,20H,14-15H2,1-3H3,(H,26,30)(H,27,28)/t20-,24-/m0/s1. The van der Waals surface area contributed by atoms with E-state index >= 15 is 0 Å². The van der Waals surface area contributed by atoms with E-state index in [2.05, 4.69) is 16.7 Å². The summed E-state index contributed by atoms with van der Waals surface area (Å²) in [5.74, 6) is -1.63. The molecule has 0 fully saturated rings. The number of hydrogen-bond donors (Lipinski definition) is 2. The monoisotopic (exact) mass is 421 g/mol. The lowest BCUT2D eigenvalue weighted by molar-refractivity contribution is -0.149. The summed E-state index contributed by atoms with van der Waals surface area (Å²) in [5.41, 5.74) is 0.158. The summed E-state index contributed by atoms with van der Waals surface area (Å²) in [6.45, 7) is 4.74. The van der Waals surface area contributed by atoms with E-state index in [1.165, 1.54) is 0 Å². The van der Waals surface area contributed by atoms with Crippen molar-refractivity contribution in [1.29, 1.82) is 5.26 Å². The summed E-state index contributed by atoms with van der Waals surface area (Å²) in [7, 11) is 0. The van der Waals surface area contributed by atoms with Gasteiger partial charge in [-0.2, -0.15) is 5.26 Å². The number of amides is 2. The minimum absolute atomic E-state index is 0.118. The number of carbonyl (C=O) groups excluding carboxylic acids is 3. The van der Waals surface area contributed by atoms with E-state index in [9.17, 15) is 19.6 Å². The first-order valence-electron chi connectivity index (χ1n) is 10.0. The zero-order valence-corrected chi connectivity index (χ0v) is 17.9. The fraction of sp³-hybridized carbons (Fsp3) is 0.333. The summed E-state index contributed by atoms with van der Waals surface area (Å²) >= 11 is 0. The maximum absolute atomic E-state index is 12.6. The maximum atomic E-state index is 12.6. The Morgan fingerprint density at radius 1 is 1.03 bits per heavy atom. The summed E-state index contributed by atoms with van der Waals surface area (Å²) in [6, 6.07) is 19.2. The fourth-order valence-electron chi connectivity index (χ4n) is 2.77. The van der Waals surface area contributed by atoms with E-state index in [4.69, 9.17) is 4.74 Å². The quantitative estimate of drug-likeness (QED) is 0.605. The molecule has 0 aromatic heterocycles. The number of carbonyl (C=O) groups is 3. The molecule has 2 atom stereocenters. The molecule has 7 heteroatoms. The van der Waals surface area contributed by atoms with Crippen molar-refractivity contribution in [2.24, 2.45) is 5.92 Å². The number of esters is 1. The highest BCUT2D eigenvalue weighted by atomic mass is 16.5. The minimum atomic E-state index is -1.06. The Labute approximate surface area is 182 Å². The number of nitriles is 1. The van der Waals surface area contributed by atoms with Crippen LogP contribution in [0.15, 0.2) is 60.7 Å². The number of rotatable bonds is 9. The zero-order valence-electron chi connectivity index (χ0n) is 17.9. The molecule has 31 heavy (non-hydrogen) atoms. The van der Waals surface area contributed by atoms with Gasteiger partial charge < -0.3 is 15.4 Å². The third-order valence-electron chi connectivity index (χ3n) is 5.06. The molecular weight excluding hydrogens is 394 g/mol. The smallest absolute Gasteiger partial charge is 0.308 e. The first kappa shape index (κ1) is 23.6. The van der Waals surface area contributed by atoms with Gasteiger partial charge in [0.25, 0.3) is 11.8 Å². The highest BCUT2D eigenvalue weighted by molar-refractivity contribution is 5.94. The second kappa shape index (κ2) is 10.9. The molecule has 2 amide bonds. The number of nitrogens with zero attached hydrogens (tertiary/aromatic N) is 1. The lowest BCUT2D eigenvalue weighted by Crippen LogP contribution is -2.50. The molecule has 0 bridgehead atoms. The molecule has 7 nitrogen and oxygen atoms in total. The van der Waals surface area contributed by atoms with Gasteiger partial charge >= 0.3 is 5.97 Å². The van der Waals surface area contributed by atoms with Crippen molar-refractivity contribution in [1.82, 2.24) is 10.6 Å². The lowest BCUT2D eigenvalue weighted by Gasteiger charge is -2.27. The summed E-state index contributed by atoms with van der Waals surface area (Å²) < 4.78 is 5.10. The number of ether oxygens (including phenoxy) is 1. The number of benzene rings is 2. The molecule has 0 aliphatic heterocycles. The van der Waals surface area contributed by atoms with Crippen LogP contribution in [0, 0.1) is 17.2 Å². The Morgan fingerprint density at radius 3 is 2.16 bits per heavy atom. The van der Waals surface area contributed by atoms with Crippen LogP contribution in [0.2, 0.25) is 0 Å². The Morgan fingerprint density at radius 2 is 1.61 bits per heavy atom. The number of nitrogens with one attached hydrogen (secondary N) is 2. The third-order valence-corrected chi connectivity index (χ3v) is 5.06. The highest BCUT2D eigenvalue weighted by Gasteiger charge is 2.30. The van der Waals surface area contributed by atoms with E-state index < -0.39 is 30.1 Å². The topological polar surface area (TPSA) is 108 Å². The van der Waals surface area contributed by atoms with E-state index in [0.717, 1.165) is 5.56 Å². The Hall–Kier alpha value is -3.66. The van der Waals surface area contributed by atoms with E-state index in [-0.39, 0.29) is 18.2 Å². The Kier molecular flexibility index (Phi) is 8.33. The van der Waals surface area contributed by atoms with Gasteiger partial charge in [-0.15, -0.1) is 0 Å². The molecule has 2 aromatic carbocycles. The van der Waals surface area contributed by atoms with Crippen molar-refractivity contribution in [2.75, 3.05) is 6.61 Å². The molecule has 162 valence electrons. The van der Waals surface area contributed by atoms with Gasteiger partial charge in [-0.1, -0.05) is 62.4 Å². The molecule has 0 heterocycles. The van der Waals surface area contributed by atoms with Gasteiger partial charge in [-0.25, -0.2) is 0 Å². The van der Waals surface area contributed by atoms with Crippen LogP contribution in [0.1, 0.15) is 49.2 Å². The molecule has 2 N–H and O–H groups in total. The lowest BCUT2D eigenvalue weighted by atomic mass is 9.90. The van der Waals surface area contributed by atoms with Crippen molar-refractivity contribution >= 4 is 17.8 Å². The van der Waals surface area contributed by atoms with Crippen LogP contribution in [0.3, 0.4) is 0 Å². The van der Waals surface area contributed by atoms with Crippen molar-refractivity contribution in [3.8, 4) is 6.07 Å². The summed E-state index contributed by atoms with van der Waals surface area (Å²) in [5, 5.41) is 14.7. The van der Waals surface area contributed by atoms with Crippen LogP contribution >= 0.6 is 0 Å². The van der Waals surface area contributed by atoms with Crippen molar-refractivity contribution in [2.45, 2.75) is 38.8 Å². The average Bonchev–Trinajstić information content (AvgIpc) is 2.78. The number of hydrogen-bond acceptors (Lipinski definition) is 5. The van der Waals surface area contributed by atoms with Crippen LogP contribution in [0.5, 0.6) is 0 Å². The zero-order chi connectivity index (χ0) is 22.9. The first-order valence-corrected chi connectivity index (χ1v) is 10.0. The van der Waals surface area contributed by atoms with E-state index in [1.807, 2.05) is 38.1 Å². The van der Waals surface area contributed by atoms with E-state index in [1.54, 1.807) is 43.3 Å². The fourth-order valence-corrected chi connectivity index (χ4v) is 2.77. The maximum Gasteiger partial charge on any atom is 0.308 e. The van der Waals surface area contributed by atoms with Crippen LogP contribution in [-0.2, 0) is 14.3 Å². The Balaban J connectivity index is 2.01. The predicted octanol–water partition coefficient (Wildman–Crippen LogP) is 3.15. The van der Waals surface area contributed by atoms with Gasteiger partial charge in [-0.3, -0.25) is 14.4 Å². The molecule has 2 rings (SSSR count). The normalized spacial score (nSPS) is 13.4. The van der Waals surface area contributed by atoms with Gasteiger partial charge in [0.05, 0.1) is 18.5 Å². The second-order valence-electron chi connectivity index (χ2n) is 7.68. The molecule has 0 aliphatic carbocycles. The van der Waals surface area contributed by atoms with Crippen LogP contribution in [0.25, 0.3) is 0 Å².